The van der Waals surface area contributed by atoms with E-state index >= 15 is 0 Å². The van der Waals surface area contributed by atoms with Gasteiger partial charge in [-0.2, -0.15) is 5.26 Å². The van der Waals surface area contributed by atoms with Crippen molar-refractivity contribution in [1.82, 2.24) is 0 Å². The zero-order valence-electron chi connectivity index (χ0n) is 9.73. The van der Waals surface area contributed by atoms with Crippen LogP contribution in [0.1, 0.15) is 11.5 Å². The van der Waals surface area contributed by atoms with Crippen molar-refractivity contribution >= 4 is 21.4 Å². The molecule has 1 amide bonds. The number of carbonyl (C=O) groups excluding carboxylic acids is 1. The zero-order chi connectivity index (χ0) is 14.8. The monoisotopic (exact) mass is 283 g/mol. The lowest BCUT2D eigenvalue weighted by atomic mass is 9.98. The summed E-state index contributed by atoms with van der Waals surface area (Å²) in [5, 5.41) is 19.8. The van der Waals surface area contributed by atoms with E-state index in [4.69, 9.17) is 11.0 Å². The Balaban J connectivity index is 3.74. The van der Waals surface area contributed by atoms with Crippen molar-refractivity contribution in [3.63, 3.8) is 0 Å². The lowest BCUT2D eigenvalue weighted by molar-refractivity contribution is -0.388. The number of carbonyl (C=O) groups is 1. The van der Waals surface area contributed by atoms with Crippen LogP contribution in [0.2, 0.25) is 0 Å². The van der Waals surface area contributed by atoms with Gasteiger partial charge in [0.2, 0.25) is 5.91 Å². The van der Waals surface area contributed by atoms with Crippen molar-refractivity contribution in [2.45, 2.75) is 10.8 Å². The number of nitriles is 1. The molecule has 0 radical (unpaired) electrons. The van der Waals surface area contributed by atoms with Gasteiger partial charge >= 0.3 is 0 Å². The lowest BCUT2D eigenvalue weighted by Crippen LogP contribution is -2.21. The molecule has 0 bridgehead atoms. The van der Waals surface area contributed by atoms with E-state index in [2.05, 4.69) is 0 Å². The number of para-hydroxylation sites is 1. The third-order valence-electron chi connectivity index (χ3n) is 2.34. The maximum atomic E-state index is 11.5. The second kappa shape index (κ2) is 5.03. The highest BCUT2D eigenvalue weighted by Crippen LogP contribution is 2.32. The molecule has 0 saturated carbocycles. The molecule has 0 aliphatic rings. The van der Waals surface area contributed by atoms with Gasteiger partial charge in [-0.1, -0.05) is 12.1 Å². The van der Waals surface area contributed by atoms with E-state index in [-0.39, 0.29) is 5.56 Å². The molecule has 19 heavy (non-hydrogen) atoms. The molecule has 1 unspecified atom stereocenters. The lowest BCUT2D eigenvalue weighted by Gasteiger charge is -2.08. The second-order valence-corrected chi connectivity index (χ2v) is 5.67. The molecular weight excluding hydrogens is 274 g/mol. The first-order chi connectivity index (χ1) is 8.70. The van der Waals surface area contributed by atoms with E-state index < -0.39 is 37.2 Å². The number of benzene rings is 1. The van der Waals surface area contributed by atoms with Gasteiger partial charge in [0, 0.05) is 6.26 Å². The Hall–Kier alpha value is -2.47. The molecule has 2 N–H and O–H groups in total. The topological polar surface area (TPSA) is 144 Å². The van der Waals surface area contributed by atoms with Crippen molar-refractivity contribution in [2.24, 2.45) is 5.73 Å². The molecule has 1 atom stereocenters. The van der Waals surface area contributed by atoms with Gasteiger partial charge in [0.25, 0.3) is 5.69 Å². The summed E-state index contributed by atoms with van der Waals surface area (Å²) < 4.78 is 23.0. The molecule has 1 rings (SSSR count). The zero-order valence-corrected chi connectivity index (χ0v) is 10.5. The molecule has 1 aromatic rings. The maximum Gasteiger partial charge on any atom is 0.292 e. The normalized spacial score (nSPS) is 12.4. The van der Waals surface area contributed by atoms with E-state index in [9.17, 15) is 23.3 Å². The van der Waals surface area contributed by atoms with Crippen LogP contribution in [-0.4, -0.2) is 25.5 Å². The predicted molar refractivity (Wildman–Crippen MR) is 63.8 cm³/mol. The number of amides is 1. The number of hydrogen-bond donors (Lipinski definition) is 1. The molecule has 9 heteroatoms. The predicted octanol–water partition coefficient (Wildman–Crippen LogP) is 0.0908. The number of nitro benzene ring substituents is 1. The maximum absolute atomic E-state index is 11.5. The quantitative estimate of drug-likeness (QED) is 0.612. The van der Waals surface area contributed by atoms with Gasteiger partial charge in [0.15, 0.2) is 15.8 Å². The van der Waals surface area contributed by atoms with E-state index in [1.54, 1.807) is 0 Å². The van der Waals surface area contributed by atoms with Gasteiger partial charge < -0.3 is 5.73 Å². The van der Waals surface area contributed by atoms with Crippen LogP contribution >= 0.6 is 0 Å². The number of nitrogens with zero attached hydrogens (tertiary/aromatic N) is 2. The molecular formula is C10H9N3O5S. The van der Waals surface area contributed by atoms with Crippen molar-refractivity contribution < 1.29 is 18.1 Å². The van der Waals surface area contributed by atoms with Crippen LogP contribution in [0.25, 0.3) is 0 Å². The van der Waals surface area contributed by atoms with E-state index in [0.29, 0.717) is 0 Å². The molecule has 0 fully saturated rings. The summed E-state index contributed by atoms with van der Waals surface area (Å²) in [6, 6.07) is 4.90. The fourth-order valence-electron chi connectivity index (χ4n) is 1.55. The van der Waals surface area contributed by atoms with Gasteiger partial charge in [-0.25, -0.2) is 8.42 Å². The summed E-state index contributed by atoms with van der Waals surface area (Å²) in [5.41, 5.74) is 3.85. The van der Waals surface area contributed by atoms with Crippen molar-refractivity contribution in [3.05, 3.63) is 33.9 Å². The Morgan fingerprint density at radius 3 is 2.47 bits per heavy atom. The molecule has 100 valence electrons. The highest BCUT2D eigenvalue weighted by molar-refractivity contribution is 7.90. The van der Waals surface area contributed by atoms with Crippen LogP contribution in [-0.2, 0) is 14.6 Å². The summed E-state index contributed by atoms with van der Waals surface area (Å²) in [5.74, 6) is -2.67. The number of sulfone groups is 1. The second-order valence-electron chi connectivity index (χ2n) is 3.69. The summed E-state index contributed by atoms with van der Waals surface area (Å²) in [4.78, 5) is 20.6. The number of nitro groups is 1. The molecule has 0 saturated heterocycles. The molecule has 0 heterocycles. The largest absolute Gasteiger partial charge is 0.368 e. The summed E-state index contributed by atoms with van der Waals surface area (Å²) in [7, 11) is -3.87. The standard InChI is InChI=1S/C10H9N3O5S/c1-19(17,18)8-4-2-3-6(9(8)13(15)16)7(5-11)10(12)14/h2-4,7H,1H3,(H2,12,14). The van der Waals surface area contributed by atoms with Crippen molar-refractivity contribution in [3.8, 4) is 6.07 Å². The molecule has 0 aromatic heterocycles. The number of rotatable bonds is 4. The van der Waals surface area contributed by atoms with Crippen LogP contribution < -0.4 is 5.73 Å². The van der Waals surface area contributed by atoms with Gasteiger partial charge in [0.1, 0.15) is 4.90 Å². The average Bonchev–Trinajstić information content (AvgIpc) is 2.27. The Labute approximate surface area is 108 Å². The minimum absolute atomic E-state index is 0.331. The van der Waals surface area contributed by atoms with Crippen molar-refractivity contribution in [2.75, 3.05) is 6.26 Å². The van der Waals surface area contributed by atoms with Crippen LogP contribution in [0.4, 0.5) is 5.69 Å². The van der Waals surface area contributed by atoms with E-state index in [0.717, 1.165) is 18.4 Å². The first-order valence-corrected chi connectivity index (χ1v) is 6.75. The minimum atomic E-state index is -3.87. The molecule has 0 aliphatic heterocycles. The number of hydrogen-bond acceptors (Lipinski definition) is 6. The first-order valence-electron chi connectivity index (χ1n) is 4.86. The molecule has 8 nitrogen and oxygen atoms in total. The van der Waals surface area contributed by atoms with Crippen molar-refractivity contribution in [1.29, 1.82) is 5.26 Å². The number of nitrogens with two attached hydrogens (primary N) is 1. The Morgan fingerprint density at radius 1 is 1.53 bits per heavy atom. The molecule has 0 aliphatic carbocycles. The third-order valence-corrected chi connectivity index (χ3v) is 3.47. The van der Waals surface area contributed by atoms with Crippen LogP contribution in [0.5, 0.6) is 0 Å². The summed E-state index contributed by atoms with van der Waals surface area (Å²) >= 11 is 0. The first kappa shape index (κ1) is 14.6. The number of primary amides is 1. The Bertz CT molecular complexity index is 690. The minimum Gasteiger partial charge on any atom is -0.368 e. The highest BCUT2D eigenvalue weighted by Gasteiger charge is 2.32. The molecule has 0 spiro atoms. The summed E-state index contributed by atoms with van der Waals surface area (Å²) in [6.45, 7) is 0. The fourth-order valence-corrected chi connectivity index (χ4v) is 2.42. The SMILES string of the molecule is CS(=O)(=O)c1cccc(C(C#N)C(N)=O)c1[N+](=O)[O-]. The van der Waals surface area contributed by atoms with Crippen LogP contribution in [0, 0.1) is 21.4 Å². The smallest absolute Gasteiger partial charge is 0.292 e. The highest BCUT2D eigenvalue weighted by atomic mass is 32.2. The van der Waals surface area contributed by atoms with Gasteiger partial charge in [-0.15, -0.1) is 0 Å². The Kier molecular flexibility index (Phi) is 3.86. The van der Waals surface area contributed by atoms with E-state index in [1.807, 2.05) is 0 Å². The van der Waals surface area contributed by atoms with Gasteiger partial charge in [0.05, 0.1) is 16.6 Å². The van der Waals surface area contributed by atoms with Crippen LogP contribution in [0.3, 0.4) is 0 Å². The summed E-state index contributed by atoms with van der Waals surface area (Å²) in [6.07, 6.45) is 0.796. The van der Waals surface area contributed by atoms with E-state index in [1.165, 1.54) is 12.1 Å². The van der Waals surface area contributed by atoms with Gasteiger partial charge in [-0.3, -0.25) is 14.9 Å². The van der Waals surface area contributed by atoms with Gasteiger partial charge in [-0.05, 0) is 6.07 Å². The Morgan fingerprint density at radius 2 is 2.11 bits per heavy atom. The third kappa shape index (κ3) is 2.86. The average molecular weight is 283 g/mol. The fraction of sp³-hybridized carbons (Fsp3) is 0.200. The van der Waals surface area contributed by atoms with Crippen LogP contribution in [0.15, 0.2) is 23.1 Å². The molecule has 1 aromatic carbocycles.